The zero-order chi connectivity index (χ0) is 20.4. The Bertz CT molecular complexity index is 1180. The van der Waals surface area contributed by atoms with Crippen molar-refractivity contribution >= 4 is 39.9 Å². The van der Waals surface area contributed by atoms with Crippen molar-refractivity contribution < 1.29 is 23.5 Å². The molecule has 0 aliphatic carbocycles. The average Bonchev–Trinajstić information content (AvgIpc) is 2.72. The van der Waals surface area contributed by atoms with E-state index in [4.69, 9.17) is 18.9 Å². The fraction of sp³-hybridized carbons (Fsp3) is 0.304. The molecule has 0 radical (unpaired) electrons. The van der Waals surface area contributed by atoms with Gasteiger partial charge < -0.3 is 18.9 Å². The summed E-state index contributed by atoms with van der Waals surface area (Å²) in [6, 6.07) is 16.3. The van der Waals surface area contributed by atoms with Crippen LogP contribution in [0, 0.1) is 0 Å². The van der Waals surface area contributed by atoms with E-state index in [1.807, 2.05) is 44.2 Å². The van der Waals surface area contributed by atoms with Crippen molar-refractivity contribution in [1.82, 2.24) is 0 Å². The Hall–Kier alpha value is -2.17. The second-order valence-electron chi connectivity index (χ2n) is 6.89. The third-order valence-corrected chi connectivity index (χ3v) is 7.09. The van der Waals surface area contributed by atoms with E-state index in [0.29, 0.717) is 13.2 Å². The summed E-state index contributed by atoms with van der Waals surface area (Å²) in [5.41, 5.74) is 0.943. The molecule has 29 heavy (non-hydrogen) atoms. The number of rotatable bonds is 9. The standard InChI is InChI=1S/C23H25O5P/c1-3-27-29(25,28-4-2)15-18-9-8-17-14-21(26-13-12-24)20-7-5-6-16-10-11-19(18)23(17)22(16)20/h5-11,14,24H,3-4,12-13,15H2,1-2H3. The molecule has 5 nitrogen and oxygen atoms in total. The van der Waals surface area contributed by atoms with Gasteiger partial charge >= 0.3 is 7.60 Å². The lowest BCUT2D eigenvalue weighted by Crippen LogP contribution is -2.03. The zero-order valence-corrected chi connectivity index (χ0v) is 17.6. The molecule has 0 saturated carbocycles. The van der Waals surface area contributed by atoms with Gasteiger partial charge in [-0.3, -0.25) is 4.57 Å². The number of aliphatic hydroxyl groups is 1. The van der Waals surface area contributed by atoms with Gasteiger partial charge in [0.2, 0.25) is 0 Å². The van der Waals surface area contributed by atoms with Crippen molar-refractivity contribution in [2.45, 2.75) is 20.0 Å². The largest absolute Gasteiger partial charge is 0.491 e. The van der Waals surface area contributed by atoms with Gasteiger partial charge in [0.1, 0.15) is 12.4 Å². The normalized spacial score (nSPS) is 12.4. The highest BCUT2D eigenvalue weighted by molar-refractivity contribution is 7.53. The molecular formula is C23H25O5P. The lowest BCUT2D eigenvalue weighted by Gasteiger charge is -2.20. The number of aliphatic hydroxyl groups excluding tert-OH is 1. The third kappa shape index (κ3) is 3.72. The molecule has 4 rings (SSSR count). The van der Waals surface area contributed by atoms with Crippen LogP contribution in [-0.2, 0) is 19.8 Å². The molecule has 0 heterocycles. The van der Waals surface area contributed by atoms with E-state index in [1.165, 1.54) is 0 Å². The first-order valence-electron chi connectivity index (χ1n) is 9.91. The summed E-state index contributed by atoms with van der Waals surface area (Å²) in [6.07, 6.45) is 0.233. The molecule has 6 heteroatoms. The van der Waals surface area contributed by atoms with Crippen LogP contribution in [0.15, 0.2) is 48.5 Å². The van der Waals surface area contributed by atoms with E-state index in [2.05, 4.69) is 18.2 Å². The number of hydrogen-bond donors (Lipinski definition) is 1. The molecule has 1 N–H and O–H groups in total. The van der Waals surface area contributed by atoms with Crippen LogP contribution in [0.4, 0.5) is 0 Å². The van der Waals surface area contributed by atoms with Crippen LogP contribution >= 0.6 is 7.60 Å². The van der Waals surface area contributed by atoms with Crippen molar-refractivity contribution in [2.75, 3.05) is 26.4 Å². The molecule has 0 unspecified atom stereocenters. The molecule has 0 fully saturated rings. The number of benzene rings is 4. The van der Waals surface area contributed by atoms with Crippen molar-refractivity contribution in [3.63, 3.8) is 0 Å². The Balaban J connectivity index is 1.93. The predicted octanol–water partition coefficient (Wildman–Crippen LogP) is 5.72. The Kier molecular flexibility index (Phi) is 5.75. The van der Waals surface area contributed by atoms with Gasteiger partial charge in [0.25, 0.3) is 0 Å². The maximum Gasteiger partial charge on any atom is 0.335 e. The molecule has 0 atom stereocenters. The minimum absolute atomic E-state index is 0.0343. The molecule has 0 aliphatic rings. The summed E-state index contributed by atoms with van der Waals surface area (Å²) < 4.78 is 30.0. The Labute approximate surface area is 170 Å². The lowest BCUT2D eigenvalue weighted by atomic mass is 9.92. The van der Waals surface area contributed by atoms with Crippen LogP contribution in [0.2, 0.25) is 0 Å². The lowest BCUT2D eigenvalue weighted by molar-refractivity contribution is 0.203. The van der Waals surface area contributed by atoms with E-state index < -0.39 is 7.60 Å². The maximum atomic E-state index is 13.1. The highest BCUT2D eigenvalue weighted by Crippen LogP contribution is 2.53. The minimum atomic E-state index is -3.21. The topological polar surface area (TPSA) is 65.0 Å². The predicted molar refractivity (Wildman–Crippen MR) is 117 cm³/mol. The van der Waals surface area contributed by atoms with Crippen LogP contribution in [0.1, 0.15) is 19.4 Å². The van der Waals surface area contributed by atoms with Crippen molar-refractivity contribution in [3.05, 3.63) is 54.1 Å². The third-order valence-electron chi connectivity index (χ3n) is 5.06. The van der Waals surface area contributed by atoms with Gasteiger partial charge in [0, 0.05) is 10.8 Å². The maximum absolute atomic E-state index is 13.1. The van der Waals surface area contributed by atoms with Gasteiger partial charge in [0.05, 0.1) is 26.0 Å². The fourth-order valence-electron chi connectivity index (χ4n) is 4.00. The second kappa shape index (κ2) is 8.29. The first kappa shape index (κ1) is 20.1. The zero-order valence-electron chi connectivity index (χ0n) is 16.7. The smallest absolute Gasteiger partial charge is 0.335 e. The molecule has 152 valence electrons. The van der Waals surface area contributed by atoms with Crippen LogP contribution in [0.25, 0.3) is 32.3 Å². The van der Waals surface area contributed by atoms with Crippen LogP contribution in [0.3, 0.4) is 0 Å². The Morgan fingerprint density at radius 3 is 2.34 bits per heavy atom. The summed E-state index contributed by atoms with van der Waals surface area (Å²) in [6.45, 7) is 4.54. The van der Waals surface area contributed by atoms with E-state index in [1.54, 1.807) is 0 Å². The van der Waals surface area contributed by atoms with E-state index in [0.717, 1.165) is 43.6 Å². The van der Waals surface area contributed by atoms with Crippen LogP contribution in [-0.4, -0.2) is 31.5 Å². The first-order chi connectivity index (χ1) is 14.1. The highest BCUT2D eigenvalue weighted by atomic mass is 31.2. The van der Waals surface area contributed by atoms with Crippen molar-refractivity contribution in [2.24, 2.45) is 0 Å². The summed E-state index contributed by atoms with van der Waals surface area (Å²) in [4.78, 5) is 0. The van der Waals surface area contributed by atoms with Crippen LogP contribution < -0.4 is 4.74 Å². The van der Waals surface area contributed by atoms with E-state index >= 15 is 0 Å². The quantitative estimate of drug-likeness (QED) is 0.281. The monoisotopic (exact) mass is 412 g/mol. The SMILES string of the molecule is CCOP(=O)(Cc1ccc2cc(OCCO)c3cccc4ccc1c2c43)OCC. The molecule has 0 spiro atoms. The van der Waals surface area contributed by atoms with Crippen molar-refractivity contribution in [1.29, 1.82) is 0 Å². The molecule has 4 aromatic carbocycles. The van der Waals surface area contributed by atoms with Gasteiger partial charge in [-0.1, -0.05) is 42.5 Å². The van der Waals surface area contributed by atoms with Crippen molar-refractivity contribution in [3.8, 4) is 5.75 Å². The summed E-state index contributed by atoms with van der Waals surface area (Å²) >= 11 is 0. The number of hydrogen-bond acceptors (Lipinski definition) is 5. The van der Waals surface area contributed by atoms with Gasteiger partial charge in [-0.2, -0.15) is 0 Å². The second-order valence-corrected chi connectivity index (χ2v) is 8.95. The van der Waals surface area contributed by atoms with Gasteiger partial charge in [-0.25, -0.2) is 0 Å². The van der Waals surface area contributed by atoms with Gasteiger partial charge in [0.15, 0.2) is 0 Å². The summed E-state index contributed by atoms with van der Waals surface area (Å²) in [5, 5.41) is 15.6. The minimum Gasteiger partial charge on any atom is -0.491 e. The number of ether oxygens (including phenoxy) is 1. The molecule has 0 aliphatic heterocycles. The van der Waals surface area contributed by atoms with Gasteiger partial charge in [-0.15, -0.1) is 0 Å². The van der Waals surface area contributed by atoms with E-state index in [9.17, 15) is 4.57 Å². The fourth-order valence-corrected chi connectivity index (χ4v) is 5.74. The van der Waals surface area contributed by atoms with Crippen LogP contribution in [0.5, 0.6) is 5.75 Å². The summed E-state index contributed by atoms with van der Waals surface area (Å²) in [5.74, 6) is 0.756. The molecule has 4 aromatic rings. The summed E-state index contributed by atoms with van der Waals surface area (Å²) in [7, 11) is -3.21. The Morgan fingerprint density at radius 1 is 0.897 bits per heavy atom. The van der Waals surface area contributed by atoms with Gasteiger partial charge in [-0.05, 0) is 47.0 Å². The van der Waals surface area contributed by atoms with E-state index in [-0.39, 0.29) is 19.4 Å². The molecule has 0 bridgehead atoms. The molecule has 0 amide bonds. The molecule has 0 aromatic heterocycles. The highest BCUT2D eigenvalue weighted by Gasteiger charge is 2.26. The first-order valence-corrected chi connectivity index (χ1v) is 11.6. The molecule has 0 saturated heterocycles. The average molecular weight is 412 g/mol. The molecular weight excluding hydrogens is 387 g/mol. The Morgan fingerprint density at radius 2 is 1.62 bits per heavy atom.